The number of esters is 1. The number of aliphatic hydroxyl groups is 1. The second-order valence-corrected chi connectivity index (χ2v) is 8.56. The van der Waals surface area contributed by atoms with Gasteiger partial charge in [0.15, 0.2) is 0 Å². The number of rotatable bonds is 6. The van der Waals surface area contributed by atoms with Crippen molar-refractivity contribution in [2.45, 2.75) is 71.0 Å². The lowest BCUT2D eigenvalue weighted by Crippen LogP contribution is -2.31. The molecule has 0 amide bonds. The molecule has 0 aromatic carbocycles. The number of carbonyl (C=O) groups excluding carboxylic acids is 1. The van der Waals surface area contributed by atoms with Crippen LogP contribution in [0.25, 0.3) is 0 Å². The number of ether oxygens (including phenoxy) is 1. The van der Waals surface area contributed by atoms with E-state index in [4.69, 9.17) is 5.11 Å². The summed E-state index contributed by atoms with van der Waals surface area (Å²) in [5, 5.41) is 8.03. The van der Waals surface area contributed by atoms with Crippen LogP contribution in [0.15, 0.2) is 0 Å². The molecule has 0 aliphatic heterocycles. The molecule has 0 aromatic rings. The molecule has 1 N–H and O–H groups in total. The predicted octanol–water partition coefficient (Wildman–Crippen LogP) is 3.63. The van der Waals surface area contributed by atoms with Gasteiger partial charge in [0.2, 0.25) is 5.67 Å². The minimum absolute atomic E-state index is 0.228. The van der Waals surface area contributed by atoms with Crippen molar-refractivity contribution in [1.82, 2.24) is 0 Å². The van der Waals surface area contributed by atoms with E-state index in [1.807, 2.05) is 0 Å². The first-order valence-electron chi connectivity index (χ1n) is 7.80. The molecule has 0 saturated heterocycles. The Labute approximate surface area is 161 Å². The largest absolute Gasteiger partial charge is 0.523 e. The SMILES string of the molecule is CC(C)(F)CO.CC(C)(F)COS(=O)(=O)C(F)(F)F.CCOC(=O)C(C)(C)F. The molecule has 0 aromatic heterocycles. The van der Waals surface area contributed by atoms with Crippen molar-refractivity contribution >= 4 is 16.1 Å². The van der Waals surface area contributed by atoms with E-state index in [1.165, 1.54) is 27.7 Å². The van der Waals surface area contributed by atoms with Gasteiger partial charge in [0.1, 0.15) is 17.9 Å². The summed E-state index contributed by atoms with van der Waals surface area (Å²) in [6, 6.07) is 0. The molecule has 0 fully saturated rings. The highest BCUT2D eigenvalue weighted by Crippen LogP contribution is 2.25. The minimum atomic E-state index is -5.67. The summed E-state index contributed by atoms with van der Waals surface area (Å²) in [4.78, 5) is 10.5. The van der Waals surface area contributed by atoms with Crippen LogP contribution in [-0.4, -0.2) is 61.8 Å². The fourth-order valence-electron chi connectivity index (χ4n) is 0.587. The molecule has 6 nitrogen and oxygen atoms in total. The van der Waals surface area contributed by atoms with Crippen LogP contribution in [0, 0.1) is 0 Å². The molecular formula is C15H28F6O6S. The first-order valence-corrected chi connectivity index (χ1v) is 9.21. The first kappa shape index (κ1) is 31.6. The van der Waals surface area contributed by atoms with Crippen molar-refractivity contribution in [2.75, 3.05) is 19.8 Å². The molecule has 0 spiro atoms. The van der Waals surface area contributed by atoms with E-state index >= 15 is 0 Å². The van der Waals surface area contributed by atoms with Gasteiger partial charge in [-0.15, -0.1) is 0 Å². The van der Waals surface area contributed by atoms with Crippen LogP contribution in [-0.2, 0) is 23.8 Å². The van der Waals surface area contributed by atoms with Crippen molar-refractivity contribution in [3.05, 3.63) is 0 Å². The summed E-state index contributed by atoms with van der Waals surface area (Å²) in [6.45, 7) is 7.12. The first-order chi connectivity index (χ1) is 12.0. The maximum Gasteiger partial charge on any atom is 0.523 e. The van der Waals surface area contributed by atoms with E-state index < -0.39 is 51.8 Å². The quantitative estimate of drug-likeness (QED) is 0.288. The Kier molecular flexibility index (Phi) is 13.3. The van der Waals surface area contributed by atoms with Gasteiger partial charge in [-0.1, -0.05) is 0 Å². The molecular weight excluding hydrogens is 422 g/mol. The van der Waals surface area contributed by atoms with Gasteiger partial charge in [0, 0.05) is 0 Å². The zero-order chi connectivity index (χ0) is 23.6. The Bertz CT molecular complexity index is 541. The van der Waals surface area contributed by atoms with E-state index in [0.29, 0.717) is 0 Å². The Morgan fingerprint density at radius 1 is 0.893 bits per heavy atom. The Morgan fingerprint density at radius 3 is 1.39 bits per heavy atom. The number of hydrogen-bond donors (Lipinski definition) is 1. The Hall–Kier alpha value is -1.08. The number of hydrogen-bond acceptors (Lipinski definition) is 6. The molecule has 0 aliphatic rings. The van der Waals surface area contributed by atoms with Gasteiger partial charge in [-0.3, -0.25) is 4.18 Å². The molecule has 172 valence electrons. The monoisotopic (exact) mass is 450 g/mol. The Balaban J connectivity index is -0.000000362. The average molecular weight is 450 g/mol. The maximum absolute atomic E-state index is 12.6. The number of halogens is 6. The number of carbonyl (C=O) groups is 1. The molecule has 0 atom stereocenters. The highest BCUT2D eigenvalue weighted by molar-refractivity contribution is 7.87. The lowest BCUT2D eigenvalue weighted by atomic mass is 10.2. The van der Waals surface area contributed by atoms with E-state index in [0.717, 1.165) is 13.8 Å². The predicted molar refractivity (Wildman–Crippen MR) is 90.2 cm³/mol. The summed E-state index contributed by atoms with van der Waals surface area (Å²) in [5.41, 5.74) is -10.9. The van der Waals surface area contributed by atoms with Crippen LogP contribution < -0.4 is 0 Å². The van der Waals surface area contributed by atoms with E-state index in [2.05, 4.69) is 8.92 Å². The molecule has 28 heavy (non-hydrogen) atoms. The normalized spacial score (nSPS) is 12.9. The third-order valence-corrected chi connectivity index (χ3v) is 2.97. The van der Waals surface area contributed by atoms with Crippen LogP contribution in [0.3, 0.4) is 0 Å². The smallest absolute Gasteiger partial charge is 0.464 e. The van der Waals surface area contributed by atoms with Gasteiger partial charge >= 0.3 is 21.6 Å². The van der Waals surface area contributed by atoms with Gasteiger partial charge in [0.25, 0.3) is 0 Å². The number of alkyl halides is 6. The van der Waals surface area contributed by atoms with Crippen molar-refractivity contribution < 1.29 is 53.6 Å². The number of aliphatic hydroxyl groups excluding tert-OH is 1. The fourth-order valence-corrected chi connectivity index (χ4v) is 1.16. The molecule has 0 aliphatic carbocycles. The topological polar surface area (TPSA) is 89.9 Å². The minimum Gasteiger partial charge on any atom is -0.464 e. The maximum atomic E-state index is 12.6. The molecule has 13 heteroatoms. The van der Waals surface area contributed by atoms with E-state index in [9.17, 15) is 39.6 Å². The van der Waals surface area contributed by atoms with Crippen molar-refractivity contribution in [3.63, 3.8) is 0 Å². The van der Waals surface area contributed by atoms with Crippen molar-refractivity contribution in [1.29, 1.82) is 0 Å². The highest BCUT2D eigenvalue weighted by Gasteiger charge is 2.48. The van der Waals surface area contributed by atoms with Crippen LogP contribution in [0.4, 0.5) is 26.3 Å². The summed E-state index contributed by atoms with van der Waals surface area (Å²) in [6.07, 6.45) is 0. The standard InChI is InChI=1S/C6H11FO2.C5H8F4O3S.C4H9FO/c1-4-9-5(8)6(2,3)7;1-4(2,6)3-12-13(10,11)5(7,8)9;1-4(2,5)3-6/h4H2,1-3H3;3H2,1-2H3;6H,3H2,1-2H3. The average Bonchev–Trinajstić information content (AvgIpc) is 2.43. The summed E-state index contributed by atoms with van der Waals surface area (Å²) in [5.74, 6) is -0.801. The highest BCUT2D eigenvalue weighted by atomic mass is 32.2. The third kappa shape index (κ3) is 19.7. The molecule has 0 radical (unpaired) electrons. The van der Waals surface area contributed by atoms with Crippen molar-refractivity contribution in [3.8, 4) is 0 Å². The van der Waals surface area contributed by atoms with Crippen LogP contribution in [0.2, 0.25) is 0 Å². The van der Waals surface area contributed by atoms with Crippen LogP contribution >= 0.6 is 0 Å². The summed E-state index contributed by atoms with van der Waals surface area (Å²) < 4.78 is 99.8. The fraction of sp³-hybridized carbons (Fsp3) is 0.933. The molecule has 0 unspecified atom stereocenters. The van der Waals surface area contributed by atoms with Gasteiger partial charge < -0.3 is 9.84 Å². The van der Waals surface area contributed by atoms with Crippen molar-refractivity contribution in [2.24, 2.45) is 0 Å². The summed E-state index contributed by atoms with van der Waals surface area (Å²) >= 11 is 0. The van der Waals surface area contributed by atoms with Gasteiger partial charge in [-0.25, -0.2) is 18.0 Å². The molecule has 0 bridgehead atoms. The zero-order valence-electron chi connectivity index (χ0n) is 16.8. The second kappa shape index (κ2) is 11.8. The van der Waals surface area contributed by atoms with E-state index in [1.54, 1.807) is 6.92 Å². The molecule has 0 rings (SSSR count). The molecule has 0 heterocycles. The lowest BCUT2D eigenvalue weighted by molar-refractivity contribution is -0.154. The van der Waals surface area contributed by atoms with Crippen LogP contribution in [0.5, 0.6) is 0 Å². The molecule has 0 saturated carbocycles. The third-order valence-electron chi connectivity index (χ3n) is 1.98. The lowest BCUT2D eigenvalue weighted by Gasteiger charge is -2.14. The zero-order valence-corrected chi connectivity index (χ0v) is 17.6. The van der Waals surface area contributed by atoms with Gasteiger partial charge in [-0.05, 0) is 48.5 Å². The summed E-state index contributed by atoms with van der Waals surface area (Å²) in [7, 11) is -5.67. The second-order valence-electron chi connectivity index (χ2n) is 6.95. The van der Waals surface area contributed by atoms with Gasteiger partial charge in [0.05, 0.1) is 13.2 Å². The van der Waals surface area contributed by atoms with Gasteiger partial charge in [-0.2, -0.15) is 21.6 Å². The Morgan fingerprint density at radius 2 is 1.25 bits per heavy atom. The van der Waals surface area contributed by atoms with Crippen LogP contribution in [0.1, 0.15) is 48.5 Å². The van der Waals surface area contributed by atoms with E-state index in [-0.39, 0.29) is 6.61 Å².